The first kappa shape index (κ1) is 19.7. The first-order valence-corrected chi connectivity index (χ1v) is 9.89. The summed E-state index contributed by atoms with van der Waals surface area (Å²) >= 11 is 5.95. The lowest BCUT2D eigenvalue weighted by Crippen LogP contribution is -2.45. The highest BCUT2D eigenvalue weighted by molar-refractivity contribution is 6.30. The zero-order valence-corrected chi connectivity index (χ0v) is 16.1. The fraction of sp³-hybridized carbons (Fsp3) is 0.550. The van der Waals surface area contributed by atoms with Crippen LogP contribution in [-0.4, -0.2) is 42.3 Å². The third-order valence-electron chi connectivity index (χ3n) is 5.59. The third-order valence-corrected chi connectivity index (χ3v) is 5.84. The molecule has 2 aliphatic rings. The molecule has 6 nitrogen and oxygen atoms in total. The molecule has 1 saturated heterocycles. The molecule has 7 heteroatoms. The summed E-state index contributed by atoms with van der Waals surface area (Å²) in [5, 5.41) is 3.76. The fourth-order valence-electron chi connectivity index (χ4n) is 3.79. The van der Waals surface area contributed by atoms with Gasteiger partial charge in [0.1, 0.15) is 0 Å². The molecule has 1 heterocycles. The van der Waals surface area contributed by atoms with Crippen LogP contribution in [0.2, 0.25) is 5.02 Å². The molecule has 1 aromatic carbocycles. The Hall–Kier alpha value is -2.08. The van der Waals surface area contributed by atoms with Gasteiger partial charge in [-0.15, -0.1) is 0 Å². The van der Waals surface area contributed by atoms with E-state index in [9.17, 15) is 14.4 Å². The van der Waals surface area contributed by atoms with Gasteiger partial charge in [0.2, 0.25) is 17.7 Å². The normalized spacial score (nSPS) is 20.8. The zero-order valence-electron chi connectivity index (χ0n) is 15.4. The Morgan fingerprint density at radius 2 is 1.89 bits per heavy atom. The van der Waals surface area contributed by atoms with Crippen molar-refractivity contribution in [2.24, 2.45) is 11.7 Å². The van der Waals surface area contributed by atoms with Gasteiger partial charge in [0.15, 0.2) is 0 Å². The van der Waals surface area contributed by atoms with Crippen LogP contribution in [0.3, 0.4) is 0 Å². The maximum absolute atomic E-state index is 12.8. The van der Waals surface area contributed by atoms with Crippen molar-refractivity contribution in [3.8, 4) is 0 Å². The predicted molar refractivity (Wildman–Crippen MR) is 103 cm³/mol. The molecule has 0 spiro atoms. The largest absolute Gasteiger partial charge is 0.370 e. The van der Waals surface area contributed by atoms with Crippen molar-refractivity contribution in [1.82, 2.24) is 10.2 Å². The van der Waals surface area contributed by atoms with Crippen LogP contribution >= 0.6 is 11.6 Å². The molecule has 3 rings (SSSR count). The Labute approximate surface area is 164 Å². The number of hydrogen-bond donors (Lipinski definition) is 2. The van der Waals surface area contributed by atoms with E-state index >= 15 is 0 Å². The summed E-state index contributed by atoms with van der Waals surface area (Å²) in [6.45, 7) is 1.89. The molecule has 1 aliphatic heterocycles. The number of carbonyl (C=O) groups is 3. The van der Waals surface area contributed by atoms with Crippen molar-refractivity contribution < 1.29 is 14.4 Å². The predicted octanol–water partition coefficient (Wildman–Crippen LogP) is 1.99. The molecule has 1 aliphatic carbocycles. The second-order valence-corrected chi connectivity index (χ2v) is 8.05. The molecule has 3 amide bonds. The monoisotopic (exact) mass is 391 g/mol. The van der Waals surface area contributed by atoms with Gasteiger partial charge >= 0.3 is 0 Å². The van der Waals surface area contributed by atoms with Gasteiger partial charge in [-0.3, -0.25) is 14.4 Å². The van der Waals surface area contributed by atoms with Crippen molar-refractivity contribution >= 4 is 29.3 Å². The molecule has 3 N–H and O–H groups in total. The molecular weight excluding hydrogens is 366 g/mol. The van der Waals surface area contributed by atoms with Crippen molar-refractivity contribution in [2.75, 3.05) is 19.6 Å². The number of nitrogens with two attached hydrogens (primary N) is 1. The van der Waals surface area contributed by atoms with E-state index in [0.29, 0.717) is 24.7 Å². The molecule has 1 atom stereocenters. The highest BCUT2D eigenvalue weighted by atomic mass is 35.5. The fourth-order valence-corrected chi connectivity index (χ4v) is 3.92. The summed E-state index contributed by atoms with van der Waals surface area (Å²) in [7, 11) is 0. The van der Waals surface area contributed by atoms with Crippen LogP contribution in [0.1, 0.15) is 44.1 Å². The lowest BCUT2D eigenvalue weighted by Gasteiger charge is -2.33. The molecule has 1 saturated carbocycles. The van der Waals surface area contributed by atoms with Gasteiger partial charge in [0.05, 0.1) is 5.41 Å². The van der Waals surface area contributed by atoms with Crippen molar-refractivity contribution in [3.63, 3.8) is 0 Å². The molecule has 27 heavy (non-hydrogen) atoms. The van der Waals surface area contributed by atoms with E-state index in [4.69, 9.17) is 17.3 Å². The van der Waals surface area contributed by atoms with Crippen LogP contribution in [-0.2, 0) is 19.8 Å². The Morgan fingerprint density at radius 1 is 1.19 bits per heavy atom. The molecular formula is C20H26ClN3O3. The van der Waals surface area contributed by atoms with E-state index < -0.39 is 11.3 Å². The number of likely N-dealkylation sites (tertiary alicyclic amines) is 1. The van der Waals surface area contributed by atoms with Crippen LogP contribution in [0.15, 0.2) is 24.3 Å². The molecule has 0 aromatic heterocycles. The number of amides is 3. The number of carbonyl (C=O) groups excluding carboxylic acids is 3. The Balaban J connectivity index is 1.50. The van der Waals surface area contributed by atoms with Gasteiger partial charge in [-0.1, -0.05) is 23.7 Å². The van der Waals surface area contributed by atoms with Gasteiger partial charge in [-0.05, 0) is 49.3 Å². The quantitative estimate of drug-likeness (QED) is 0.744. The second kappa shape index (κ2) is 8.30. The van der Waals surface area contributed by atoms with Crippen molar-refractivity contribution in [1.29, 1.82) is 0 Å². The molecule has 1 aromatic rings. The topological polar surface area (TPSA) is 92.5 Å². The summed E-state index contributed by atoms with van der Waals surface area (Å²) in [5.41, 5.74) is 5.71. The average molecular weight is 392 g/mol. The number of primary amides is 1. The maximum Gasteiger partial charge on any atom is 0.230 e. The number of halogens is 1. The van der Waals surface area contributed by atoms with Crippen molar-refractivity contribution in [3.05, 3.63) is 34.9 Å². The smallest absolute Gasteiger partial charge is 0.230 e. The third kappa shape index (κ3) is 4.80. The maximum atomic E-state index is 12.8. The average Bonchev–Trinajstić information content (AvgIpc) is 3.47. The number of hydrogen-bond acceptors (Lipinski definition) is 3. The van der Waals surface area contributed by atoms with E-state index in [2.05, 4.69) is 5.32 Å². The molecule has 0 bridgehead atoms. The summed E-state index contributed by atoms with van der Waals surface area (Å²) in [6.07, 6.45) is 3.83. The molecule has 146 valence electrons. The number of nitrogens with zero attached hydrogens (tertiary/aromatic N) is 1. The minimum atomic E-state index is -0.457. The Bertz CT molecular complexity index is 716. The SMILES string of the molecule is NC(=O)CCC(=O)N1CCCC(CNC(=O)C2(c3ccc(Cl)cc3)CC2)C1. The lowest BCUT2D eigenvalue weighted by atomic mass is 9.93. The van der Waals surface area contributed by atoms with Crippen LogP contribution in [0, 0.1) is 5.92 Å². The minimum absolute atomic E-state index is 0.0374. The van der Waals surface area contributed by atoms with E-state index in [-0.39, 0.29) is 30.6 Å². The first-order chi connectivity index (χ1) is 12.9. The number of benzene rings is 1. The minimum Gasteiger partial charge on any atom is -0.370 e. The number of nitrogens with one attached hydrogen (secondary N) is 1. The van der Waals surface area contributed by atoms with E-state index in [1.807, 2.05) is 24.3 Å². The van der Waals surface area contributed by atoms with Gasteiger partial charge in [0, 0.05) is 37.5 Å². The van der Waals surface area contributed by atoms with E-state index in [1.54, 1.807) is 4.90 Å². The van der Waals surface area contributed by atoms with E-state index in [0.717, 1.165) is 31.2 Å². The van der Waals surface area contributed by atoms with Crippen LogP contribution in [0.25, 0.3) is 0 Å². The van der Waals surface area contributed by atoms with E-state index in [1.165, 1.54) is 0 Å². The van der Waals surface area contributed by atoms with Crippen LogP contribution in [0.4, 0.5) is 0 Å². The number of rotatable bonds is 7. The van der Waals surface area contributed by atoms with Gasteiger partial charge in [0.25, 0.3) is 0 Å². The summed E-state index contributed by atoms with van der Waals surface area (Å²) < 4.78 is 0. The Kier molecular flexibility index (Phi) is 6.05. The molecule has 1 unspecified atom stereocenters. The lowest BCUT2D eigenvalue weighted by molar-refractivity contribution is -0.134. The van der Waals surface area contributed by atoms with Crippen LogP contribution < -0.4 is 11.1 Å². The second-order valence-electron chi connectivity index (χ2n) is 7.61. The first-order valence-electron chi connectivity index (χ1n) is 9.51. The Morgan fingerprint density at radius 3 is 2.52 bits per heavy atom. The summed E-state index contributed by atoms with van der Waals surface area (Å²) in [4.78, 5) is 37.6. The highest BCUT2D eigenvalue weighted by Crippen LogP contribution is 2.48. The van der Waals surface area contributed by atoms with Crippen LogP contribution in [0.5, 0.6) is 0 Å². The van der Waals surface area contributed by atoms with Gasteiger partial charge in [-0.25, -0.2) is 0 Å². The molecule has 0 radical (unpaired) electrons. The number of piperidine rings is 1. The summed E-state index contributed by atoms with van der Waals surface area (Å²) in [5.74, 6) is -0.200. The standard InChI is InChI=1S/C20H26ClN3O3/c21-16-5-3-15(4-6-16)20(9-10-20)19(27)23-12-14-2-1-11-24(13-14)18(26)8-7-17(22)25/h3-6,14H,1-2,7-13H2,(H2,22,25)(H,23,27). The molecule has 2 fully saturated rings. The zero-order chi connectivity index (χ0) is 19.4. The van der Waals surface area contributed by atoms with Gasteiger partial charge < -0.3 is 16.0 Å². The summed E-state index contributed by atoms with van der Waals surface area (Å²) in [6, 6.07) is 7.49. The highest BCUT2D eigenvalue weighted by Gasteiger charge is 2.51. The van der Waals surface area contributed by atoms with Gasteiger partial charge in [-0.2, -0.15) is 0 Å². The van der Waals surface area contributed by atoms with Crippen molar-refractivity contribution in [2.45, 2.75) is 43.9 Å².